The minimum Gasteiger partial charge on any atom is -0.462 e. The molecule has 0 amide bonds. The Morgan fingerprint density at radius 1 is 0.692 bits per heavy atom. The summed E-state index contributed by atoms with van der Waals surface area (Å²) in [5, 5.41) is 0. The molecule has 2 aliphatic carbocycles. The molecule has 0 aliphatic heterocycles. The van der Waals surface area contributed by atoms with E-state index in [2.05, 4.69) is 0 Å². The number of benzene rings is 1. The Kier molecular flexibility index (Phi) is 5.32. The number of carbonyl (C=O) groups is 2. The number of rotatable bonds is 5. The zero-order valence-electron chi connectivity index (χ0n) is 14.8. The third-order valence-corrected chi connectivity index (χ3v) is 4.12. The molecule has 0 heterocycles. The molecule has 0 spiro atoms. The molecule has 0 saturated carbocycles. The molecule has 2 aliphatic rings. The van der Waals surface area contributed by atoms with Crippen molar-refractivity contribution in [3.8, 4) is 22.3 Å². The molecule has 0 N–H and O–H groups in total. The molecule has 132 valence electrons. The summed E-state index contributed by atoms with van der Waals surface area (Å²) in [5.41, 5.74) is 4.15. The van der Waals surface area contributed by atoms with Gasteiger partial charge in [0.05, 0.1) is 24.3 Å². The van der Waals surface area contributed by atoms with Crippen molar-refractivity contribution < 1.29 is 19.1 Å². The van der Waals surface area contributed by atoms with E-state index < -0.39 is 11.9 Å². The second-order valence-corrected chi connectivity index (χ2v) is 5.73. The fourth-order valence-corrected chi connectivity index (χ4v) is 2.93. The van der Waals surface area contributed by atoms with E-state index in [1.165, 1.54) is 0 Å². The highest BCUT2D eigenvalue weighted by Crippen LogP contribution is 2.34. The Hall–Kier alpha value is -3.14. The van der Waals surface area contributed by atoms with Crippen LogP contribution in [0.2, 0.25) is 0 Å². The van der Waals surface area contributed by atoms with E-state index >= 15 is 0 Å². The minimum absolute atomic E-state index is 0.272. The first-order valence-electron chi connectivity index (χ1n) is 8.62. The van der Waals surface area contributed by atoms with Crippen molar-refractivity contribution in [2.45, 2.75) is 13.8 Å². The van der Waals surface area contributed by atoms with Crippen LogP contribution in [0.3, 0.4) is 0 Å². The topological polar surface area (TPSA) is 52.6 Å². The quantitative estimate of drug-likeness (QED) is 0.621. The van der Waals surface area contributed by atoms with Crippen LogP contribution in [0.1, 0.15) is 34.6 Å². The molecule has 0 bridgehead atoms. The van der Waals surface area contributed by atoms with Crippen LogP contribution < -0.4 is 0 Å². The average molecular weight is 348 g/mol. The summed E-state index contributed by atoms with van der Waals surface area (Å²) >= 11 is 0. The monoisotopic (exact) mass is 348 g/mol. The van der Waals surface area contributed by atoms with Gasteiger partial charge in [0.25, 0.3) is 0 Å². The predicted octanol–water partition coefficient (Wildman–Crippen LogP) is 4.81. The largest absolute Gasteiger partial charge is 0.462 e. The summed E-state index contributed by atoms with van der Waals surface area (Å²) in [5.74, 6) is -0.888. The van der Waals surface area contributed by atoms with Crippen LogP contribution in [0.15, 0.2) is 60.7 Å². The predicted molar refractivity (Wildman–Crippen MR) is 100 cm³/mol. The highest BCUT2D eigenvalue weighted by molar-refractivity contribution is 6.08. The van der Waals surface area contributed by atoms with Crippen molar-refractivity contribution >= 4 is 11.9 Å². The van der Waals surface area contributed by atoms with Crippen LogP contribution in [0.25, 0.3) is 22.3 Å². The third kappa shape index (κ3) is 3.45. The third-order valence-electron chi connectivity index (χ3n) is 4.12. The van der Waals surface area contributed by atoms with Gasteiger partial charge in [-0.2, -0.15) is 0 Å². The lowest BCUT2D eigenvalue weighted by Crippen LogP contribution is -2.05. The summed E-state index contributed by atoms with van der Waals surface area (Å²) in [7, 11) is 0. The summed E-state index contributed by atoms with van der Waals surface area (Å²) in [6, 6.07) is 19.1. The maximum atomic E-state index is 12.3. The summed E-state index contributed by atoms with van der Waals surface area (Å²) in [6.45, 7) is 4.05. The smallest absolute Gasteiger partial charge is 0.338 e. The van der Waals surface area contributed by atoms with Crippen LogP contribution in [0, 0.1) is 0 Å². The van der Waals surface area contributed by atoms with Gasteiger partial charge in [0.15, 0.2) is 0 Å². The molecule has 1 aromatic carbocycles. The van der Waals surface area contributed by atoms with Crippen molar-refractivity contribution in [2.24, 2.45) is 0 Å². The van der Waals surface area contributed by atoms with Crippen molar-refractivity contribution in [3.05, 3.63) is 71.8 Å². The Bertz CT molecular complexity index is 847. The molecule has 26 heavy (non-hydrogen) atoms. The number of carbonyl (C=O) groups excluding carboxylic acids is 2. The summed E-state index contributed by atoms with van der Waals surface area (Å²) in [4.78, 5) is 24.7. The SMILES string of the molecule is CCOC(=O)c1cc(C(=O)OCC)c2ccc(-c3ccccc3)ccc1-2. The maximum absolute atomic E-state index is 12.3. The Labute approximate surface area is 152 Å². The van der Waals surface area contributed by atoms with E-state index in [9.17, 15) is 9.59 Å². The van der Waals surface area contributed by atoms with E-state index in [0.29, 0.717) is 22.3 Å². The highest BCUT2D eigenvalue weighted by Gasteiger charge is 2.25. The van der Waals surface area contributed by atoms with Gasteiger partial charge in [-0.25, -0.2) is 9.59 Å². The molecule has 0 saturated heterocycles. The molecule has 4 nitrogen and oxygen atoms in total. The molecule has 0 aromatic heterocycles. The fraction of sp³-hybridized carbons (Fsp3) is 0.182. The lowest BCUT2D eigenvalue weighted by molar-refractivity contribution is 0.0525. The van der Waals surface area contributed by atoms with Gasteiger partial charge in [-0.1, -0.05) is 54.6 Å². The standard InChI is InChI=1S/C22H20O4/c1-3-25-21(23)19-14-20(22(24)26-4-2)18-13-11-16(10-12-17(18)19)15-8-6-5-7-9-15/h5-14H,3-4H2,1-2H3. The van der Waals surface area contributed by atoms with Crippen molar-refractivity contribution in [2.75, 3.05) is 13.2 Å². The van der Waals surface area contributed by atoms with Gasteiger partial charge in [0.2, 0.25) is 0 Å². The number of ether oxygens (including phenoxy) is 2. The van der Waals surface area contributed by atoms with Crippen molar-refractivity contribution in [3.63, 3.8) is 0 Å². The van der Waals surface area contributed by atoms with Crippen LogP contribution in [0.5, 0.6) is 0 Å². The molecular formula is C22H20O4. The van der Waals surface area contributed by atoms with Gasteiger partial charge in [-0.15, -0.1) is 0 Å². The van der Waals surface area contributed by atoms with Gasteiger partial charge in [-0.3, -0.25) is 0 Å². The van der Waals surface area contributed by atoms with E-state index in [0.717, 1.165) is 11.1 Å². The van der Waals surface area contributed by atoms with Crippen LogP contribution in [-0.2, 0) is 9.47 Å². The molecule has 1 aromatic rings. The number of hydrogen-bond donors (Lipinski definition) is 0. The second-order valence-electron chi connectivity index (χ2n) is 5.73. The van der Waals surface area contributed by atoms with Crippen molar-refractivity contribution in [1.29, 1.82) is 0 Å². The fourth-order valence-electron chi connectivity index (χ4n) is 2.93. The molecule has 0 unspecified atom stereocenters. The van der Waals surface area contributed by atoms with Crippen LogP contribution in [0.4, 0.5) is 0 Å². The maximum Gasteiger partial charge on any atom is 0.338 e. The Balaban J connectivity index is 2.16. The molecule has 4 heteroatoms. The zero-order chi connectivity index (χ0) is 18.5. The number of fused-ring (bicyclic) bond motifs is 1. The lowest BCUT2D eigenvalue weighted by Gasteiger charge is -2.02. The van der Waals surface area contributed by atoms with E-state index in [1.54, 1.807) is 19.9 Å². The number of esters is 2. The first kappa shape index (κ1) is 17.7. The van der Waals surface area contributed by atoms with Gasteiger partial charge in [0.1, 0.15) is 0 Å². The van der Waals surface area contributed by atoms with Crippen LogP contribution >= 0.6 is 0 Å². The number of hydrogen-bond acceptors (Lipinski definition) is 4. The molecule has 0 fully saturated rings. The van der Waals surface area contributed by atoms with Gasteiger partial charge in [0, 0.05) is 0 Å². The van der Waals surface area contributed by atoms with Gasteiger partial charge in [-0.05, 0) is 42.2 Å². The minimum atomic E-state index is -0.444. The van der Waals surface area contributed by atoms with Gasteiger partial charge < -0.3 is 9.47 Å². The molecule has 3 rings (SSSR count). The normalized spacial score (nSPS) is 10.5. The molecule has 0 radical (unpaired) electrons. The second kappa shape index (κ2) is 7.83. The molecule has 0 atom stereocenters. The average Bonchev–Trinajstić information content (AvgIpc) is 2.88. The Morgan fingerprint density at radius 3 is 1.62 bits per heavy atom. The summed E-state index contributed by atoms with van der Waals surface area (Å²) in [6.07, 6.45) is 0. The van der Waals surface area contributed by atoms with E-state index in [1.807, 2.05) is 54.6 Å². The van der Waals surface area contributed by atoms with E-state index in [4.69, 9.17) is 9.47 Å². The molecular weight excluding hydrogens is 328 g/mol. The van der Waals surface area contributed by atoms with E-state index in [-0.39, 0.29) is 13.2 Å². The van der Waals surface area contributed by atoms with Crippen LogP contribution in [-0.4, -0.2) is 25.2 Å². The van der Waals surface area contributed by atoms with Gasteiger partial charge >= 0.3 is 11.9 Å². The lowest BCUT2D eigenvalue weighted by atomic mass is 10.1. The zero-order valence-corrected chi connectivity index (χ0v) is 14.8. The Morgan fingerprint density at radius 2 is 1.15 bits per heavy atom. The first-order valence-corrected chi connectivity index (χ1v) is 8.62. The first-order chi connectivity index (χ1) is 12.7. The summed E-state index contributed by atoms with van der Waals surface area (Å²) < 4.78 is 10.3. The highest BCUT2D eigenvalue weighted by atomic mass is 16.5. The van der Waals surface area contributed by atoms with Crippen molar-refractivity contribution in [1.82, 2.24) is 0 Å².